The first-order chi connectivity index (χ1) is 12.7. The Kier molecular flexibility index (Phi) is 6.06. The van der Waals surface area contributed by atoms with Gasteiger partial charge in [-0.2, -0.15) is 0 Å². The lowest BCUT2D eigenvalue weighted by atomic mass is 10.0. The molecule has 3 rings (SSSR count). The minimum atomic E-state index is -0.600. The molecule has 0 N–H and O–H groups in total. The van der Waals surface area contributed by atoms with Crippen LogP contribution in [0, 0.1) is 10.1 Å². The average molecular weight is 483 g/mol. The van der Waals surface area contributed by atoms with Crippen molar-refractivity contribution in [2.24, 2.45) is 0 Å². The van der Waals surface area contributed by atoms with Crippen LogP contribution in [-0.4, -0.2) is 9.91 Å². The van der Waals surface area contributed by atoms with Crippen molar-refractivity contribution in [2.75, 3.05) is 0 Å². The molecule has 0 radical (unpaired) electrons. The van der Waals surface area contributed by atoms with E-state index in [-0.39, 0.29) is 41.5 Å². The molecule has 1 aromatic heterocycles. The van der Waals surface area contributed by atoms with Crippen molar-refractivity contribution in [3.8, 4) is 22.3 Å². The number of nitrogens with zero attached hydrogens (tertiary/aromatic N) is 2. The molecule has 0 saturated carbocycles. The van der Waals surface area contributed by atoms with Crippen molar-refractivity contribution in [3.05, 3.63) is 76.8 Å². The molecule has 0 atom stereocenters. The van der Waals surface area contributed by atoms with Crippen molar-refractivity contribution in [3.63, 3.8) is 0 Å². The number of halogens is 6. The van der Waals surface area contributed by atoms with Gasteiger partial charge in [-0.3, -0.25) is 0 Å². The van der Waals surface area contributed by atoms with Crippen LogP contribution in [-0.2, 0) is 0 Å². The fourth-order valence-electron chi connectivity index (χ4n) is 2.41. The van der Waals surface area contributed by atoms with Crippen LogP contribution < -0.4 is 0 Å². The quantitative estimate of drug-likeness (QED) is 0.214. The van der Waals surface area contributed by atoms with Crippen molar-refractivity contribution < 1.29 is 4.92 Å². The van der Waals surface area contributed by atoms with E-state index in [0.717, 1.165) is 0 Å². The lowest BCUT2D eigenvalue weighted by molar-refractivity contribution is -0.388. The molecule has 0 unspecified atom stereocenters. The number of hydrogen-bond donors (Lipinski definition) is 0. The predicted octanol–water partition coefficient (Wildman–Crippen LogP) is 8.24. The summed E-state index contributed by atoms with van der Waals surface area (Å²) in [6.45, 7) is 0. The third-order valence-corrected chi connectivity index (χ3v) is 6.05. The third kappa shape index (κ3) is 4.11. The van der Waals surface area contributed by atoms with Gasteiger partial charge in [0.25, 0.3) is 0 Å². The van der Waals surface area contributed by atoms with Gasteiger partial charge < -0.3 is 10.1 Å². The maximum Gasteiger partial charge on any atom is 0.371 e. The summed E-state index contributed by atoms with van der Waals surface area (Å²) in [6.07, 6.45) is 1.34. The van der Waals surface area contributed by atoms with E-state index in [4.69, 9.17) is 69.6 Å². The standard InChI is InChI=1S/C17H6Cl6N2O2/c18-11-2-7(3-12(19)15(11)22)9-1-10(17(24-6-9)25(26)27)8-4-13(20)16(23)14(21)5-8/h1-6H. The van der Waals surface area contributed by atoms with Crippen LogP contribution in [0.15, 0.2) is 36.5 Å². The fraction of sp³-hybridized carbons (Fsp3) is 0. The summed E-state index contributed by atoms with van der Waals surface area (Å²) in [6, 6.07) is 7.70. The maximum absolute atomic E-state index is 11.4. The zero-order chi connectivity index (χ0) is 19.9. The molecule has 2 aromatic carbocycles. The Hall–Kier alpha value is -1.27. The van der Waals surface area contributed by atoms with Gasteiger partial charge in [0.05, 0.1) is 35.7 Å². The molecular weight excluding hydrogens is 477 g/mol. The molecule has 10 heteroatoms. The first-order valence-corrected chi connectivity index (χ1v) is 9.40. The predicted molar refractivity (Wildman–Crippen MR) is 112 cm³/mol. The van der Waals surface area contributed by atoms with E-state index in [9.17, 15) is 10.1 Å². The van der Waals surface area contributed by atoms with Crippen LogP contribution in [0.3, 0.4) is 0 Å². The Balaban J connectivity index is 2.25. The Morgan fingerprint density at radius 1 is 0.704 bits per heavy atom. The number of hydrogen-bond acceptors (Lipinski definition) is 3. The van der Waals surface area contributed by atoms with E-state index in [1.807, 2.05) is 0 Å². The smallest absolute Gasteiger partial charge is 0.358 e. The molecule has 0 aliphatic heterocycles. The Bertz CT molecular complexity index is 1040. The number of benzene rings is 2. The summed E-state index contributed by atoms with van der Waals surface area (Å²) in [4.78, 5) is 14.8. The first kappa shape index (κ1) is 20.5. The average Bonchev–Trinajstić information content (AvgIpc) is 2.62. The number of aromatic nitrogens is 1. The molecule has 0 spiro atoms. The second kappa shape index (κ2) is 8.00. The lowest BCUT2D eigenvalue weighted by Gasteiger charge is -2.09. The molecule has 0 aliphatic carbocycles. The van der Waals surface area contributed by atoms with Crippen molar-refractivity contribution in [1.82, 2.24) is 4.98 Å². The van der Waals surface area contributed by atoms with E-state index < -0.39 is 4.92 Å². The minimum absolute atomic E-state index is 0.158. The van der Waals surface area contributed by atoms with Gasteiger partial charge >= 0.3 is 5.82 Å². The highest BCUT2D eigenvalue weighted by molar-refractivity contribution is 6.49. The topological polar surface area (TPSA) is 56.0 Å². The van der Waals surface area contributed by atoms with E-state index >= 15 is 0 Å². The van der Waals surface area contributed by atoms with E-state index in [1.165, 1.54) is 18.3 Å². The van der Waals surface area contributed by atoms with Crippen LogP contribution >= 0.6 is 69.6 Å². The third-order valence-electron chi connectivity index (χ3n) is 3.65. The van der Waals surface area contributed by atoms with Crippen molar-refractivity contribution in [1.29, 1.82) is 0 Å². The molecule has 27 heavy (non-hydrogen) atoms. The summed E-state index contributed by atoms with van der Waals surface area (Å²) >= 11 is 36.2. The second-order valence-electron chi connectivity index (χ2n) is 5.36. The highest BCUT2D eigenvalue weighted by Gasteiger charge is 2.21. The maximum atomic E-state index is 11.4. The van der Waals surface area contributed by atoms with Gasteiger partial charge in [-0.15, -0.1) is 0 Å². The van der Waals surface area contributed by atoms with E-state index in [1.54, 1.807) is 18.2 Å². The summed E-state index contributed by atoms with van der Waals surface area (Å²) in [7, 11) is 0. The molecule has 3 aromatic rings. The monoisotopic (exact) mass is 480 g/mol. The number of pyridine rings is 1. The van der Waals surface area contributed by atoms with E-state index in [0.29, 0.717) is 16.7 Å². The van der Waals surface area contributed by atoms with Crippen LogP contribution in [0.2, 0.25) is 30.1 Å². The van der Waals surface area contributed by atoms with Gasteiger partial charge in [0.15, 0.2) is 0 Å². The molecule has 1 heterocycles. The zero-order valence-electron chi connectivity index (χ0n) is 12.9. The van der Waals surface area contributed by atoms with Gasteiger partial charge in [0, 0.05) is 5.56 Å². The molecule has 4 nitrogen and oxygen atoms in total. The summed E-state index contributed by atoms with van der Waals surface area (Å²) in [5.74, 6) is -0.362. The van der Waals surface area contributed by atoms with Gasteiger partial charge in [-0.1, -0.05) is 69.6 Å². The fourth-order valence-corrected chi connectivity index (χ4v) is 3.60. The van der Waals surface area contributed by atoms with Crippen molar-refractivity contribution in [2.45, 2.75) is 0 Å². The van der Waals surface area contributed by atoms with E-state index in [2.05, 4.69) is 4.98 Å². The van der Waals surface area contributed by atoms with Crippen LogP contribution in [0.1, 0.15) is 0 Å². The van der Waals surface area contributed by atoms with Gasteiger partial charge in [0.1, 0.15) is 6.20 Å². The van der Waals surface area contributed by atoms with Gasteiger partial charge in [0.2, 0.25) is 0 Å². The lowest BCUT2D eigenvalue weighted by Crippen LogP contribution is -1.97. The van der Waals surface area contributed by atoms with Crippen LogP contribution in [0.25, 0.3) is 22.3 Å². The first-order valence-electron chi connectivity index (χ1n) is 7.13. The van der Waals surface area contributed by atoms with Crippen LogP contribution in [0.5, 0.6) is 0 Å². The molecule has 138 valence electrons. The largest absolute Gasteiger partial charge is 0.371 e. The number of rotatable bonds is 3. The molecule has 0 bridgehead atoms. The minimum Gasteiger partial charge on any atom is -0.358 e. The molecule has 0 aliphatic rings. The SMILES string of the molecule is O=[N+]([O-])c1ncc(-c2cc(Cl)c(Cl)c(Cl)c2)cc1-c1cc(Cl)c(Cl)c(Cl)c1. The number of nitro groups is 1. The summed E-state index contributed by atoms with van der Waals surface area (Å²) in [5, 5.41) is 12.6. The highest BCUT2D eigenvalue weighted by atomic mass is 35.5. The Labute approximate surface area is 183 Å². The summed E-state index contributed by atoms with van der Waals surface area (Å²) in [5.41, 5.74) is 1.73. The van der Waals surface area contributed by atoms with Crippen molar-refractivity contribution >= 4 is 75.4 Å². The summed E-state index contributed by atoms with van der Waals surface area (Å²) < 4.78 is 0. The molecule has 0 fully saturated rings. The van der Waals surface area contributed by atoms with Gasteiger partial charge in [-0.05, 0) is 51.4 Å². The molecule has 0 amide bonds. The second-order valence-corrected chi connectivity index (χ2v) is 7.74. The molecular formula is C17H6Cl6N2O2. The van der Waals surface area contributed by atoms with Crippen LogP contribution in [0.4, 0.5) is 5.82 Å². The molecule has 0 saturated heterocycles. The Morgan fingerprint density at radius 2 is 1.15 bits per heavy atom. The highest BCUT2D eigenvalue weighted by Crippen LogP contribution is 2.40. The van der Waals surface area contributed by atoms with Gasteiger partial charge in [-0.25, -0.2) is 0 Å². The Morgan fingerprint density at radius 3 is 1.59 bits per heavy atom. The zero-order valence-corrected chi connectivity index (χ0v) is 17.5. The normalized spacial score (nSPS) is 10.9.